The molecule has 0 saturated heterocycles. The van der Waals surface area contributed by atoms with Crippen LogP contribution in [0, 0.1) is 21.4 Å². The smallest absolute Gasteiger partial charge is 0.270 e. The second kappa shape index (κ2) is 9.13. The van der Waals surface area contributed by atoms with Crippen molar-refractivity contribution in [2.75, 3.05) is 11.1 Å². The van der Waals surface area contributed by atoms with E-state index in [1.165, 1.54) is 30.0 Å². The maximum atomic E-state index is 12.3. The van der Waals surface area contributed by atoms with Gasteiger partial charge < -0.3 is 4.42 Å². The van der Waals surface area contributed by atoms with Gasteiger partial charge in [-0.15, -0.1) is 0 Å². The number of aromatic nitrogens is 2. The summed E-state index contributed by atoms with van der Waals surface area (Å²) in [5.74, 6) is 0.810. The molecule has 146 valence electrons. The number of nitrogens with zero attached hydrogens (tertiary/aromatic N) is 4. The van der Waals surface area contributed by atoms with E-state index in [2.05, 4.69) is 14.7 Å². The number of nitriles is 1. The highest BCUT2D eigenvalue weighted by molar-refractivity contribution is 7.99. The number of benzene rings is 1. The van der Waals surface area contributed by atoms with Crippen molar-refractivity contribution in [2.24, 2.45) is 0 Å². The number of carbonyl (C=O) groups is 1. The number of nitrogens with one attached hydrogen (secondary N) is 1. The first kappa shape index (κ1) is 20.2. The van der Waals surface area contributed by atoms with Crippen LogP contribution in [-0.2, 0) is 4.79 Å². The van der Waals surface area contributed by atoms with Gasteiger partial charge in [0.05, 0.1) is 4.92 Å². The third-order valence-electron chi connectivity index (χ3n) is 3.52. The molecule has 0 aliphatic carbocycles. The summed E-state index contributed by atoms with van der Waals surface area (Å²) < 4.78 is 9.71. The van der Waals surface area contributed by atoms with E-state index in [9.17, 15) is 20.2 Å². The van der Waals surface area contributed by atoms with E-state index in [4.69, 9.17) is 4.42 Å². The molecule has 1 N–H and O–H groups in total. The fraction of sp³-hybridized carbons (Fsp3) is 0.111. The molecular formula is C18H13N5O4S2. The maximum absolute atomic E-state index is 12.3. The van der Waals surface area contributed by atoms with Gasteiger partial charge in [-0.2, -0.15) is 14.6 Å². The van der Waals surface area contributed by atoms with E-state index in [0.29, 0.717) is 21.6 Å². The fourth-order valence-electron chi connectivity index (χ4n) is 2.26. The van der Waals surface area contributed by atoms with Gasteiger partial charge in [-0.05, 0) is 17.9 Å². The fourth-order valence-corrected chi connectivity index (χ4v) is 3.53. The number of thioether (sulfide) groups is 1. The number of furan rings is 1. The first-order valence-corrected chi connectivity index (χ1v) is 10.0. The zero-order valence-corrected chi connectivity index (χ0v) is 16.6. The third kappa shape index (κ3) is 5.07. The molecule has 2 aromatic heterocycles. The molecule has 29 heavy (non-hydrogen) atoms. The van der Waals surface area contributed by atoms with Gasteiger partial charge in [0, 0.05) is 35.3 Å². The number of nitro groups is 1. The highest BCUT2D eigenvalue weighted by Crippen LogP contribution is 2.27. The summed E-state index contributed by atoms with van der Waals surface area (Å²) in [6.45, 7) is 1.96. The summed E-state index contributed by atoms with van der Waals surface area (Å²) in [7, 11) is 0. The highest BCUT2D eigenvalue weighted by Gasteiger charge is 2.15. The topological polar surface area (TPSA) is 135 Å². The van der Waals surface area contributed by atoms with Crippen molar-refractivity contribution in [1.29, 1.82) is 5.26 Å². The Kier molecular flexibility index (Phi) is 6.38. The summed E-state index contributed by atoms with van der Waals surface area (Å²) in [6, 6.07) is 11.0. The molecule has 0 radical (unpaired) electrons. The summed E-state index contributed by atoms with van der Waals surface area (Å²) in [6.07, 6.45) is 1.29. The summed E-state index contributed by atoms with van der Waals surface area (Å²) in [5, 5.41) is 23.6. The van der Waals surface area contributed by atoms with Crippen molar-refractivity contribution in [3.05, 3.63) is 57.8 Å². The van der Waals surface area contributed by atoms with E-state index < -0.39 is 10.8 Å². The van der Waals surface area contributed by atoms with Crippen LogP contribution in [0.1, 0.15) is 12.7 Å². The van der Waals surface area contributed by atoms with Crippen LogP contribution >= 0.6 is 23.3 Å². The van der Waals surface area contributed by atoms with Gasteiger partial charge in [-0.1, -0.05) is 30.8 Å². The van der Waals surface area contributed by atoms with Crippen LogP contribution in [0.15, 0.2) is 51.5 Å². The Hall–Kier alpha value is -3.49. The van der Waals surface area contributed by atoms with Gasteiger partial charge in [0.2, 0.25) is 10.3 Å². The number of non-ortho nitro benzene ring substituents is 1. The Labute approximate surface area is 173 Å². The minimum Gasteiger partial charge on any atom is -0.457 e. The molecule has 0 atom stereocenters. The number of anilines is 1. The molecule has 0 aliphatic heterocycles. The third-order valence-corrected chi connectivity index (χ3v) is 5.00. The number of hydrogen-bond donors (Lipinski definition) is 1. The van der Waals surface area contributed by atoms with E-state index in [1.54, 1.807) is 24.3 Å². The van der Waals surface area contributed by atoms with Crippen LogP contribution in [-0.4, -0.2) is 25.9 Å². The molecule has 3 rings (SSSR count). The molecule has 0 saturated carbocycles. The van der Waals surface area contributed by atoms with Gasteiger partial charge in [-0.3, -0.25) is 20.2 Å². The Bertz CT molecular complexity index is 1130. The van der Waals surface area contributed by atoms with Crippen LogP contribution in [0.3, 0.4) is 0 Å². The first-order valence-electron chi connectivity index (χ1n) is 8.24. The molecule has 1 amide bonds. The quantitative estimate of drug-likeness (QED) is 0.193. The van der Waals surface area contributed by atoms with Crippen LogP contribution in [0.25, 0.3) is 17.4 Å². The lowest BCUT2D eigenvalue weighted by Gasteiger charge is -1.99. The SMILES string of the molecule is CCSc1nsc(NC(=O)C(C#N)=Cc2ccc(-c3cccc([N+](=O)[O-])c3)o2)n1. The predicted molar refractivity (Wildman–Crippen MR) is 109 cm³/mol. The molecule has 0 spiro atoms. The number of amides is 1. The zero-order valence-electron chi connectivity index (χ0n) is 15.0. The average Bonchev–Trinajstić information content (AvgIpc) is 3.36. The van der Waals surface area contributed by atoms with Gasteiger partial charge in [0.15, 0.2) is 0 Å². The standard InChI is InChI=1S/C18H13N5O4S2/c1-2-28-18-21-17(29-22-18)20-16(24)12(10-19)9-14-6-7-15(27-14)11-4-3-5-13(8-11)23(25)26/h3-9H,2H2,1H3,(H,20,21,22,24). The minimum atomic E-state index is -0.634. The number of nitro benzene ring substituents is 1. The van der Waals surface area contributed by atoms with Crippen molar-refractivity contribution in [2.45, 2.75) is 12.1 Å². The Morgan fingerprint density at radius 3 is 3.00 bits per heavy atom. The second-order valence-electron chi connectivity index (χ2n) is 5.45. The molecule has 9 nitrogen and oxygen atoms in total. The lowest BCUT2D eigenvalue weighted by molar-refractivity contribution is -0.384. The molecule has 3 aromatic rings. The van der Waals surface area contributed by atoms with Crippen LogP contribution < -0.4 is 5.32 Å². The summed E-state index contributed by atoms with van der Waals surface area (Å²) in [5.41, 5.74) is 0.271. The number of carbonyl (C=O) groups excluding carboxylic acids is 1. The molecule has 1 aromatic carbocycles. The van der Waals surface area contributed by atoms with Crippen molar-refractivity contribution in [1.82, 2.24) is 9.36 Å². The minimum absolute atomic E-state index is 0.0641. The van der Waals surface area contributed by atoms with E-state index >= 15 is 0 Å². The normalized spacial score (nSPS) is 11.1. The Morgan fingerprint density at radius 2 is 2.28 bits per heavy atom. The van der Waals surface area contributed by atoms with Crippen LogP contribution in [0.4, 0.5) is 10.8 Å². The first-order chi connectivity index (χ1) is 14.0. The lowest BCUT2D eigenvalue weighted by Crippen LogP contribution is -2.13. The van der Waals surface area contributed by atoms with Gasteiger partial charge in [0.1, 0.15) is 23.2 Å². The van der Waals surface area contributed by atoms with E-state index in [-0.39, 0.29) is 17.0 Å². The molecule has 0 fully saturated rings. The average molecular weight is 427 g/mol. The lowest BCUT2D eigenvalue weighted by atomic mass is 10.1. The molecular weight excluding hydrogens is 414 g/mol. The van der Waals surface area contributed by atoms with Crippen LogP contribution in [0.5, 0.6) is 0 Å². The molecule has 0 unspecified atom stereocenters. The number of rotatable bonds is 7. The monoisotopic (exact) mass is 427 g/mol. The highest BCUT2D eigenvalue weighted by atomic mass is 32.2. The van der Waals surface area contributed by atoms with E-state index in [1.807, 2.05) is 13.0 Å². The van der Waals surface area contributed by atoms with Gasteiger partial charge in [0.25, 0.3) is 11.6 Å². The summed E-state index contributed by atoms with van der Waals surface area (Å²) >= 11 is 2.47. The molecule has 2 heterocycles. The summed E-state index contributed by atoms with van der Waals surface area (Å²) in [4.78, 5) is 26.9. The molecule has 11 heteroatoms. The predicted octanol–water partition coefficient (Wildman–Crippen LogP) is 4.36. The molecule has 0 bridgehead atoms. The molecule has 0 aliphatic rings. The Balaban J connectivity index is 1.77. The Morgan fingerprint density at radius 1 is 1.45 bits per heavy atom. The second-order valence-corrected chi connectivity index (χ2v) is 7.43. The van der Waals surface area contributed by atoms with Gasteiger partial charge >= 0.3 is 0 Å². The van der Waals surface area contributed by atoms with Crippen molar-refractivity contribution in [3.8, 4) is 17.4 Å². The largest absolute Gasteiger partial charge is 0.457 e. The van der Waals surface area contributed by atoms with Gasteiger partial charge in [-0.25, -0.2) is 0 Å². The zero-order chi connectivity index (χ0) is 20.8. The van der Waals surface area contributed by atoms with Crippen molar-refractivity contribution in [3.63, 3.8) is 0 Å². The number of hydrogen-bond acceptors (Lipinski definition) is 9. The maximum Gasteiger partial charge on any atom is 0.270 e. The van der Waals surface area contributed by atoms with Crippen molar-refractivity contribution >= 4 is 46.1 Å². The van der Waals surface area contributed by atoms with Crippen molar-refractivity contribution < 1.29 is 14.1 Å². The van der Waals surface area contributed by atoms with Crippen LogP contribution in [0.2, 0.25) is 0 Å². The van der Waals surface area contributed by atoms with E-state index in [0.717, 1.165) is 17.3 Å².